The third-order valence-electron chi connectivity index (χ3n) is 0.0884. The highest BCUT2D eigenvalue weighted by Gasteiger charge is 1.26. The first-order valence-electron chi connectivity index (χ1n) is 1.85. The van der Waals surface area contributed by atoms with E-state index in [1.807, 2.05) is 0 Å². The highest BCUT2D eigenvalue weighted by Crippen LogP contribution is 1.41. The molecule has 0 fully saturated rings. The first kappa shape index (κ1) is 0.944. The molecule has 0 heteroatoms. The van der Waals surface area contributed by atoms with Crippen molar-refractivity contribution in [1.82, 2.24) is 0 Å². The molecule has 0 bridgehead atoms. The SMILES string of the molecule is [3H]C#CC([3H])=C. The van der Waals surface area contributed by atoms with E-state index >= 15 is 0 Å². The molecule has 0 spiro atoms. The summed E-state index contributed by atoms with van der Waals surface area (Å²) in [6, 6.07) is -0.00926. The second kappa shape index (κ2) is 2.30. The van der Waals surface area contributed by atoms with Gasteiger partial charge in [0.2, 0.25) is 0 Å². The molecule has 0 aromatic carbocycles. The van der Waals surface area contributed by atoms with Gasteiger partial charge in [0.25, 0.3) is 0 Å². The van der Waals surface area contributed by atoms with E-state index in [0.29, 0.717) is 0 Å². The van der Waals surface area contributed by atoms with E-state index in [9.17, 15) is 0 Å². The van der Waals surface area contributed by atoms with E-state index in [1.165, 1.54) is 0 Å². The molecule has 0 saturated carbocycles. The van der Waals surface area contributed by atoms with Crippen LogP contribution >= 0.6 is 0 Å². The first-order valence-corrected chi connectivity index (χ1v) is 0.854. The molecule has 0 aliphatic carbocycles. The van der Waals surface area contributed by atoms with Crippen LogP contribution in [0.5, 0.6) is 0 Å². The molecule has 0 atom stereocenters. The molecule has 0 saturated heterocycles. The second-order valence-electron chi connectivity index (χ2n) is 0.302. The second-order valence-corrected chi connectivity index (χ2v) is 0.302. The molecular weight excluding hydrogens is 48.0 g/mol. The maximum atomic E-state index is 6.49. The number of hydrogen-bond donors (Lipinski definition) is 0. The smallest absolute Gasteiger partial charge is 0.115 e. The molecule has 0 nitrogen and oxygen atoms in total. The number of rotatable bonds is 0. The highest BCUT2D eigenvalue weighted by molar-refractivity contribution is 5.03. The van der Waals surface area contributed by atoms with Crippen molar-refractivity contribution in [3.05, 3.63) is 12.6 Å². The summed E-state index contributed by atoms with van der Waals surface area (Å²) >= 11 is 0. The van der Waals surface area contributed by atoms with E-state index in [2.05, 4.69) is 12.5 Å². The Labute approximate surface area is 29.0 Å². The van der Waals surface area contributed by atoms with Gasteiger partial charge in [-0.2, -0.15) is 0 Å². The number of allylic oxidation sites excluding steroid dienone is 1. The lowest BCUT2D eigenvalue weighted by Gasteiger charge is -1.38. The Morgan fingerprint density at radius 1 is 2.75 bits per heavy atom. The summed E-state index contributed by atoms with van der Waals surface area (Å²) in [4.78, 5) is 0. The molecule has 4 heavy (non-hydrogen) atoms. The van der Waals surface area contributed by atoms with Gasteiger partial charge in [0.15, 0.2) is 0 Å². The van der Waals surface area contributed by atoms with Crippen molar-refractivity contribution in [2.75, 3.05) is 0 Å². The summed E-state index contributed by atoms with van der Waals surface area (Å²) in [5.74, 6) is 2.10. The fraction of sp³-hybridized carbons (Fsp3) is 0. The maximum Gasteiger partial charge on any atom is 0.124 e. The Balaban J connectivity index is 3.50. The lowest BCUT2D eigenvalue weighted by atomic mass is 10.7. The summed E-state index contributed by atoms with van der Waals surface area (Å²) in [7, 11) is 0. The minimum atomic E-state index is -0.00926. The maximum absolute atomic E-state index is 6.49. The fourth-order valence-electron chi connectivity index (χ4n) is 0. The molecule has 0 aromatic rings. The van der Waals surface area contributed by atoms with E-state index in [1.54, 1.807) is 6.40 Å². The van der Waals surface area contributed by atoms with Crippen molar-refractivity contribution in [1.29, 1.82) is 0 Å². The minimum Gasteiger partial charge on any atom is -0.115 e. The van der Waals surface area contributed by atoms with Gasteiger partial charge in [-0.3, -0.25) is 0 Å². The van der Waals surface area contributed by atoms with Gasteiger partial charge >= 0.3 is 0 Å². The predicted molar refractivity (Wildman–Crippen MR) is 19.0 cm³/mol. The zero-order chi connectivity index (χ0) is 4.99. The largest absolute Gasteiger partial charge is 0.124 e. The molecule has 0 N–H and O–H groups in total. The van der Waals surface area contributed by atoms with Gasteiger partial charge in [-0.05, 0) is 6.05 Å². The highest BCUT2D eigenvalue weighted by atomic mass is 13.3. The van der Waals surface area contributed by atoms with Crippen molar-refractivity contribution in [3.8, 4) is 12.3 Å². The molecule has 0 unspecified atom stereocenters. The Hall–Kier alpha value is -0.700. The van der Waals surface area contributed by atoms with Crippen LogP contribution in [0.1, 0.15) is 2.74 Å². The first-order chi connectivity index (χ1) is 2.77. The van der Waals surface area contributed by atoms with Crippen LogP contribution in [-0.2, 0) is 0 Å². The molecule has 0 aliphatic rings. The molecule has 0 aromatic heterocycles. The third-order valence-corrected chi connectivity index (χ3v) is 0.0884. The molecule has 0 heterocycles. The van der Waals surface area contributed by atoms with Crippen LogP contribution in [-0.4, -0.2) is 0 Å². The average Bonchev–Trinajstić information content (AvgIpc) is 1.35. The van der Waals surface area contributed by atoms with Crippen LogP contribution in [0.25, 0.3) is 0 Å². The van der Waals surface area contributed by atoms with Crippen LogP contribution in [0.4, 0.5) is 0 Å². The number of terminal acetylenes is 1. The Morgan fingerprint density at radius 2 is 3.50 bits per heavy atom. The van der Waals surface area contributed by atoms with Gasteiger partial charge in [0, 0.05) is 0 Å². The van der Waals surface area contributed by atoms with E-state index < -0.39 is 0 Å². The van der Waals surface area contributed by atoms with Crippen LogP contribution in [0, 0.1) is 12.3 Å². The van der Waals surface area contributed by atoms with Crippen molar-refractivity contribution < 1.29 is 2.74 Å². The Morgan fingerprint density at radius 3 is 3.50 bits per heavy atom. The summed E-state index contributed by atoms with van der Waals surface area (Å²) in [5, 5.41) is 0. The minimum absolute atomic E-state index is 0.00926. The normalized spacial score (nSPS) is 9.00. The van der Waals surface area contributed by atoms with Crippen molar-refractivity contribution >= 4 is 0 Å². The monoisotopic (exact) mass is 56.0 g/mol. The van der Waals surface area contributed by atoms with E-state index in [4.69, 9.17) is 2.74 Å². The summed E-state index contributed by atoms with van der Waals surface area (Å²) in [5.41, 5.74) is 0. The van der Waals surface area contributed by atoms with Gasteiger partial charge in [0.05, 0.1) is 1.37 Å². The van der Waals surface area contributed by atoms with E-state index in [0.717, 1.165) is 0 Å². The van der Waals surface area contributed by atoms with Gasteiger partial charge in [-0.15, -0.1) is 6.40 Å². The van der Waals surface area contributed by atoms with Crippen molar-refractivity contribution in [2.45, 2.75) is 0 Å². The molecule has 0 amide bonds. The van der Waals surface area contributed by atoms with Gasteiger partial charge in [-0.1, -0.05) is 12.5 Å². The summed E-state index contributed by atoms with van der Waals surface area (Å²) in [6.07, 6.45) is 1.78. The quantitative estimate of drug-likeness (QED) is 0.360. The zero-order valence-electron chi connectivity index (χ0n) is 4.21. The lowest BCUT2D eigenvalue weighted by molar-refractivity contribution is 2.34. The topological polar surface area (TPSA) is 0 Å². The third kappa shape index (κ3) is 1.30. The molecule has 0 aliphatic heterocycles. The zero-order valence-corrected chi connectivity index (χ0v) is 2.21. The van der Waals surface area contributed by atoms with Crippen LogP contribution in [0.3, 0.4) is 0 Å². The number of hydrogen-bond acceptors (Lipinski definition) is 0. The summed E-state index contributed by atoms with van der Waals surface area (Å²) in [6.45, 7) is 3.12. The molecule has 0 rings (SSSR count). The van der Waals surface area contributed by atoms with Gasteiger partial charge in [0.1, 0.15) is 1.37 Å². The van der Waals surface area contributed by atoms with Crippen LogP contribution in [0.15, 0.2) is 12.6 Å². The fourth-order valence-corrected chi connectivity index (χ4v) is 0. The van der Waals surface area contributed by atoms with Gasteiger partial charge < -0.3 is 0 Å². The predicted octanol–water partition coefficient (Wildman–Crippen LogP) is 0.806. The van der Waals surface area contributed by atoms with Gasteiger partial charge in [-0.25, -0.2) is 0 Å². The summed E-state index contributed by atoms with van der Waals surface area (Å²) < 4.78 is 12.7. The van der Waals surface area contributed by atoms with Crippen molar-refractivity contribution in [2.24, 2.45) is 0 Å². The lowest BCUT2D eigenvalue weighted by Crippen LogP contribution is -1.24. The standard InChI is InChI=1S/C4H4/c1-3-4-2/h1,4H,2H2/i1T,4T. The average molecular weight is 56.1 g/mol. The molecule has 0 radical (unpaired) electrons. The Kier molecular flexibility index (Phi) is 0.543. The van der Waals surface area contributed by atoms with E-state index in [-0.39, 0.29) is 6.05 Å². The molecule has 20 valence electrons. The van der Waals surface area contributed by atoms with Crippen molar-refractivity contribution in [3.63, 3.8) is 0 Å². The van der Waals surface area contributed by atoms with Crippen LogP contribution in [0.2, 0.25) is 0 Å². The molecular formula is C4H4. The van der Waals surface area contributed by atoms with Crippen LogP contribution < -0.4 is 0 Å². The Bertz CT molecular complexity index is 104.